The van der Waals surface area contributed by atoms with E-state index >= 15 is 0 Å². The summed E-state index contributed by atoms with van der Waals surface area (Å²) >= 11 is 0. The first kappa shape index (κ1) is 19.7. The average Bonchev–Trinajstić information content (AvgIpc) is 3.33. The number of aromatic amines is 1. The van der Waals surface area contributed by atoms with E-state index in [1.807, 2.05) is 30.5 Å². The van der Waals surface area contributed by atoms with E-state index in [0.717, 1.165) is 16.5 Å². The van der Waals surface area contributed by atoms with Crippen LogP contribution in [0.5, 0.6) is 0 Å². The number of amides is 2. The number of nitrogens with one attached hydrogen (secondary N) is 2. The fourth-order valence-corrected chi connectivity index (χ4v) is 3.78. The lowest BCUT2D eigenvalue weighted by Gasteiger charge is -2.24. The van der Waals surface area contributed by atoms with Gasteiger partial charge in [-0.15, -0.1) is 0 Å². The Labute approximate surface area is 174 Å². The number of para-hydroxylation sites is 1. The maximum Gasteiger partial charge on any atom is 0.338 e. The van der Waals surface area contributed by atoms with Crippen LogP contribution in [0.3, 0.4) is 0 Å². The molecule has 1 unspecified atom stereocenters. The number of fused-ring (bicyclic) bond motifs is 1. The fraction of sp³-hybridized carbons (Fsp3) is 0.261. The van der Waals surface area contributed by atoms with Crippen LogP contribution in [0.25, 0.3) is 10.9 Å². The van der Waals surface area contributed by atoms with Crippen molar-refractivity contribution < 1.29 is 19.1 Å². The van der Waals surface area contributed by atoms with E-state index in [0.29, 0.717) is 37.2 Å². The highest BCUT2D eigenvalue weighted by Crippen LogP contribution is 2.26. The quantitative estimate of drug-likeness (QED) is 0.614. The van der Waals surface area contributed by atoms with Gasteiger partial charge < -0.3 is 19.9 Å². The second-order valence-electron chi connectivity index (χ2n) is 7.22. The van der Waals surface area contributed by atoms with Crippen molar-refractivity contribution in [1.82, 2.24) is 9.88 Å². The number of nitrogens with zero attached hydrogens (tertiary/aromatic N) is 1. The second kappa shape index (κ2) is 8.41. The van der Waals surface area contributed by atoms with Gasteiger partial charge in [-0.1, -0.05) is 18.2 Å². The molecule has 1 fully saturated rings. The zero-order valence-electron chi connectivity index (χ0n) is 16.7. The first-order valence-corrected chi connectivity index (χ1v) is 9.99. The Hall–Kier alpha value is -3.61. The van der Waals surface area contributed by atoms with E-state index in [1.165, 1.54) is 0 Å². The minimum Gasteiger partial charge on any atom is -0.462 e. The zero-order chi connectivity index (χ0) is 21.1. The van der Waals surface area contributed by atoms with Gasteiger partial charge in [0.15, 0.2) is 0 Å². The molecule has 2 amide bonds. The van der Waals surface area contributed by atoms with Gasteiger partial charge >= 0.3 is 5.97 Å². The Bertz CT molecular complexity index is 1090. The number of hydrogen-bond donors (Lipinski definition) is 2. The fourth-order valence-electron chi connectivity index (χ4n) is 3.78. The third-order valence-corrected chi connectivity index (χ3v) is 5.31. The average molecular weight is 405 g/mol. The van der Waals surface area contributed by atoms with Crippen molar-refractivity contribution in [1.29, 1.82) is 0 Å². The molecule has 1 atom stereocenters. The van der Waals surface area contributed by atoms with Crippen molar-refractivity contribution >= 4 is 34.4 Å². The highest BCUT2D eigenvalue weighted by atomic mass is 16.5. The van der Waals surface area contributed by atoms with E-state index < -0.39 is 12.0 Å². The van der Waals surface area contributed by atoms with Crippen LogP contribution in [0.15, 0.2) is 54.7 Å². The number of rotatable bonds is 6. The predicted octanol–water partition coefficient (Wildman–Crippen LogP) is 3.47. The van der Waals surface area contributed by atoms with Crippen LogP contribution in [-0.2, 0) is 20.9 Å². The van der Waals surface area contributed by atoms with Crippen LogP contribution in [0.2, 0.25) is 0 Å². The normalized spacial score (nSPS) is 16.1. The molecule has 2 N–H and O–H groups in total. The minimum absolute atomic E-state index is 0.0295. The Balaban J connectivity index is 1.46. The number of carbonyl (C=O) groups excluding carboxylic acids is 3. The third kappa shape index (κ3) is 3.91. The van der Waals surface area contributed by atoms with Crippen LogP contribution < -0.4 is 5.32 Å². The molecule has 7 nitrogen and oxygen atoms in total. The number of carbonyl (C=O) groups is 3. The summed E-state index contributed by atoms with van der Waals surface area (Å²) in [4.78, 5) is 41.9. The Morgan fingerprint density at radius 1 is 1.17 bits per heavy atom. The van der Waals surface area contributed by atoms with Gasteiger partial charge in [0.2, 0.25) is 11.8 Å². The van der Waals surface area contributed by atoms with Crippen LogP contribution in [0, 0.1) is 0 Å². The van der Waals surface area contributed by atoms with Crippen molar-refractivity contribution in [2.75, 3.05) is 11.9 Å². The smallest absolute Gasteiger partial charge is 0.338 e. The van der Waals surface area contributed by atoms with Gasteiger partial charge in [-0.05, 0) is 49.2 Å². The zero-order valence-corrected chi connectivity index (χ0v) is 16.7. The second-order valence-corrected chi connectivity index (χ2v) is 7.22. The van der Waals surface area contributed by atoms with Gasteiger partial charge in [0.05, 0.1) is 12.2 Å². The van der Waals surface area contributed by atoms with E-state index in [2.05, 4.69) is 10.3 Å². The molecule has 1 aromatic heterocycles. The number of ether oxygens (including phenoxy) is 1. The molecular weight excluding hydrogens is 382 g/mol. The van der Waals surface area contributed by atoms with Crippen molar-refractivity contribution in [3.8, 4) is 0 Å². The molecule has 1 aliphatic rings. The molecule has 2 aromatic carbocycles. The molecule has 30 heavy (non-hydrogen) atoms. The van der Waals surface area contributed by atoms with E-state index in [4.69, 9.17) is 4.74 Å². The lowest BCUT2D eigenvalue weighted by Crippen LogP contribution is -2.41. The number of benzene rings is 2. The summed E-state index contributed by atoms with van der Waals surface area (Å²) in [6.07, 6.45) is 2.72. The van der Waals surface area contributed by atoms with Crippen molar-refractivity contribution in [2.45, 2.75) is 32.4 Å². The number of esters is 1. The maximum atomic E-state index is 12.9. The van der Waals surface area contributed by atoms with Gasteiger partial charge in [0.25, 0.3) is 0 Å². The molecule has 3 aromatic rings. The number of likely N-dealkylation sites (tertiary alicyclic amines) is 1. The van der Waals surface area contributed by atoms with Crippen molar-refractivity contribution in [2.24, 2.45) is 0 Å². The largest absolute Gasteiger partial charge is 0.462 e. The monoisotopic (exact) mass is 405 g/mol. The Morgan fingerprint density at radius 3 is 2.70 bits per heavy atom. The summed E-state index contributed by atoms with van der Waals surface area (Å²) in [5, 5.41) is 3.90. The Kier molecular flexibility index (Phi) is 5.52. The number of anilines is 1. The summed E-state index contributed by atoms with van der Waals surface area (Å²) in [6.45, 7) is 2.43. The Morgan fingerprint density at radius 2 is 1.93 bits per heavy atom. The molecule has 1 saturated heterocycles. The molecule has 0 bridgehead atoms. The molecule has 0 spiro atoms. The first-order chi connectivity index (χ1) is 14.6. The summed E-state index contributed by atoms with van der Waals surface area (Å²) in [7, 11) is 0. The van der Waals surface area contributed by atoms with Crippen LogP contribution >= 0.6 is 0 Å². The van der Waals surface area contributed by atoms with E-state index in [-0.39, 0.29) is 11.8 Å². The molecule has 7 heteroatoms. The molecule has 2 heterocycles. The SMILES string of the molecule is CCOC(=O)c1ccc(NC(=O)C2CCC(=O)N2Cc2c[nH]c3ccccc23)cc1. The van der Waals surface area contributed by atoms with Gasteiger partial charge in [-0.25, -0.2) is 4.79 Å². The minimum atomic E-state index is -0.532. The standard InChI is InChI=1S/C23H23N3O4/c1-2-30-23(29)15-7-9-17(10-8-15)25-22(28)20-11-12-21(27)26(20)14-16-13-24-19-6-4-3-5-18(16)19/h3-10,13,20,24H,2,11-12,14H2,1H3,(H,25,28). The van der Waals surface area contributed by atoms with Crippen molar-refractivity contribution in [3.63, 3.8) is 0 Å². The number of aromatic nitrogens is 1. The maximum absolute atomic E-state index is 12.9. The van der Waals surface area contributed by atoms with Crippen LogP contribution in [0.4, 0.5) is 5.69 Å². The van der Waals surface area contributed by atoms with Gasteiger partial charge in [0.1, 0.15) is 6.04 Å². The van der Waals surface area contributed by atoms with Gasteiger partial charge in [-0.3, -0.25) is 9.59 Å². The topological polar surface area (TPSA) is 91.5 Å². The third-order valence-electron chi connectivity index (χ3n) is 5.31. The van der Waals surface area contributed by atoms with E-state index in [1.54, 1.807) is 36.1 Å². The number of hydrogen-bond acceptors (Lipinski definition) is 4. The molecule has 1 aliphatic heterocycles. The van der Waals surface area contributed by atoms with E-state index in [9.17, 15) is 14.4 Å². The van der Waals surface area contributed by atoms with Crippen LogP contribution in [-0.4, -0.2) is 40.3 Å². The first-order valence-electron chi connectivity index (χ1n) is 9.99. The predicted molar refractivity (Wildman–Crippen MR) is 113 cm³/mol. The molecule has 0 saturated carbocycles. The van der Waals surface area contributed by atoms with Gasteiger partial charge in [0, 0.05) is 35.8 Å². The molecule has 154 valence electrons. The van der Waals surface area contributed by atoms with Crippen molar-refractivity contribution in [3.05, 3.63) is 65.9 Å². The lowest BCUT2D eigenvalue weighted by atomic mass is 10.1. The summed E-state index contributed by atoms with van der Waals surface area (Å²) in [6, 6.07) is 13.9. The summed E-state index contributed by atoms with van der Waals surface area (Å²) in [5.74, 6) is -0.663. The molecule has 0 radical (unpaired) electrons. The lowest BCUT2D eigenvalue weighted by molar-refractivity contribution is -0.133. The molecular formula is C23H23N3O4. The molecule has 4 rings (SSSR count). The molecule has 0 aliphatic carbocycles. The number of H-pyrrole nitrogens is 1. The van der Waals surface area contributed by atoms with Crippen LogP contribution in [0.1, 0.15) is 35.7 Å². The summed E-state index contributed by atoms with van der Waals surface area (Å²) in [5.41, 5.74) is 2.98. The highest BCUT2D eigenvalue weighted by molar-refractivity contribution is 5.99. The van der Waals surface area contributed by atoms with Gasteiger partial charge in [-0.2, -0.15) is 0 Å². The highest BCUT2D eigenvalue weighted by Gasteiger charge is 2.36. The summed E-state index contributed by atoms with van der Waals surface area (Å²) < 4.78 is 4.96.